The Morgan fingerprint density at radius 2 is 2.05 bits per heavy atom. The van der Waals surface area contributed by atoms with Gasteiger partial charge < -0.3 is 5.73 Å². The summed E-state index contributed by atoms with van der Waals surface area (Å²) >= 11 is 5.98. The molecular formula is C13H12BrN3O2S2. The minimum absolute atomic E-state index is 0.198. The van der Waals surface area contributed by atoms with Crippen LogP contribution < -0.4 is 11.1 Å². The van der Waals surface area contributed by atoms with E-state index in [2.05, 4.69) is 26.2 Å². The SMILES string of the molecule is Cc1nc(NC(=O)c2ccc(Br)cc2)sc1SCC(N)=O. The first-order valence-corrected chi connectivity index (χ1v) is 8.50. The summed E-state index contributed by atoms with van der Waals surface area (Å²) in [6.45, 7) is 1.83. The van der Waals surface area contributed by atoms with E-state index in [4.69, 9.17) is 5.73 Å². The molecule has 21 heavy (non-hydrogen) atoms. The number of anilines is 1. The summed E-state index contributed by atoms with van der Waals surface area (Å²) in [7, 11) is 0. The Morgan fingerprint density at radius 1 is 1.38 bits per heavy atom. The molecule has 0 atom stereocenters. The molecule has 2 aromatic rings. The van der Waals surface area contributed by atoms with Crippen molar-refractivity contribution in [2.24, 2.45) is 5.73 Å². The third kappa shape index (κ3) is 4.55. The Balaban J connectivity index is 2.05. The summed E-state index contributed by atoms with van der Waals surface area (Å²) in [6.07, 6.45) is 0. The van der Waals surface area contributed by atoms with Gasteiger partial charge in [0.25, 0.3) is 5.91 Å². The van der Waals surface area contributed by atoms with E-state index >= 15 is 0 Å². The first-order valence-electron chi connectivity index (χ1n) is 5.91. The predicted octanol–water partition coefficient (Wildman–Crippen LogP) is 3.04. The summed E-state index contributed by atoms with van der Waals surface area (Å²) < 4.78 is 1.79. The summed E-state index contributed by atoms with van der Waals surface area (Å²) in [5.74, 6) is -0.403. The number of primary amides is 1. The number of benzene rings is 1. The van der Waals surface area contributed by atoms with Gasteiger partial charge >= 0.3 is 0 Å². The Bertz CT molecular complexity index is 671. The zero-order valence-electron chi connectivity index (χ0n) is 11.1. The van der Waals surface area contributed by atoms with Crippen molar-refractivity contribution in [2.75, 3.05) is 11.1 Å². The lowest BCUT2D eigenvalue weighted by Crippen LogP contribution is -2.12. The number of hydrogen-bond donors (Lipinski definition) is 2. The fraction of sp³-hybridized carbons (Fsp3) is 0.154. The number of rotatable bonds is 5. The first-order chi connectivity index (χ1) is 9.95. The van der Waals surface area contributed by atoms with Crippen LogP contribution in [0.2, 0.25) is 0 Å². The number of aryl methyl sites for hydroxylation is 1. The average Bonchev–Trinajstić information content (AvgIpc) is 2.77. The van der Waals surface area contributed by atoms with E-state index in [1.165, 1.54) is 23.1 Å². The van der Waals surface area contributed by atoms with Crippen molar-refractivity contribution in [3.05, 3.63) is 40.0 Å². The van der Waals surface area contributed by atoms with E-state index in [-0.39, 0.29) is 17.6 Å². The van der Waals surface area contributed by atoms with Gasteiger partial charge in [0, 0.05) is 10.0 Å². The summed E-state index contributed by atoms with van der Waals surface area (Å²) in [4.78, 5) is 27.1. The van der Waals surface area contributed by atoms with Gasteiger partial charge in [-0.05, 0) is 31.2 Å². The minimum Gasteiger partial charge on any atom is -0.369 e. The van der Waals surface area contributed by atoms with Crippen LogP contribution in [0.1, 0.15) is 16.1 Å². The minimum atomic E-state index is -0.381. The van der Waals surface area contributed by atoms with Crippen LogP contribution in [0.25, 0.3) is 0 Å². The maximum Gasteiger partial charge on any atom is 0.257 e. The van der Waals surface area contributed by atoms with Gasteiger partial charge in [-0.15, -0.1) is 11.8 Å². The topological polar surface area (TPSA) is 85.1 Å². The Morgan fingerprint density at radius 3 is 2.67 bits per heavy atom. The highest BCUT2D eigenvalue weighted by molar-refractivity contribution is 9.10. The highest BCUT2D eigenvalue weighted by atomic mass is 79.9. The zero-order chi connectivity index (χ0) is 15.4. The van der Waals surface area contributed by atoms with E-state index < -0.39 is 0 Å². The first kappa shape index (κ1) is 16.0. The largest absolute Gasteiger partial charge is 0.369 e. The molecule has 1 heterocycles. The van der Waals surface area contributed by atoms with Crippen LogP contribution in [0.5, 0.6) is 0 Å². The van der Waals surface area contributed by atoms with Gasteiger partial charge in [-0.1, -0.05) is 27.3 Å². The van der Waals surface area contributed by atoms with Crippen molar-refractivity contribution in [3.63, 3.8) is 0 Å². The second kappa shape index (κ2) is 7.06. The quantitative estimate of drug-likeness (QED) is 0.774. The molecule has 0 saturated carbocycles. The molecule has 0 aliphatic rings. The van der Waals surface area contributed by atoms with E-state index in [9.17, 15) is 9.59 Å². The molecule has 0 aliphatic heterocycles. The third-order valence-electron chi connectivity index (χ3n) is 2.43. The van der Waals surface area contributed by atoms with E-state index in [0.29, 0.717) is 10.7 Å². The number of carbonyl (C=O) groups excluding carboxylic acids is 2. The Kier molecular flexibility index (Phi) is 5.38. The molecule has 3 N–H and O–H groups in total. The van der Waals surface area contributed by atoms with Crippen LogP contribution in [0.3, 0.4) is 0 Å². The van der Waals surface area contributed by atoms with Crippen LogP contribution in [0.4, 0.5) is 5.13 Å². The van der Waals surface area contributed by atoms with Crippen LogP contribution in [0, 0.1) is 6.92 Å². The van der Waals surface area contributed by atoms with E-state index in [1.54, 1.807) is 24.3 Å². The molecule has 0 fully saturated rings. The predicted molar refractivity (Wildman–Crippen MR) is 88.9 cm³/mol. The molecule has 0 spiro atoms. The van der Waals surface area contributed by atoms with Gasteiger partial charge in [-0.3, -0.25) is 14.9 Å². The van der Waals surface area contributed by atoms with Crippen molar-refractivity contribution in [3.8, 4) is 0 Å². The Hall–Kier alpha value is -1.38. The number of nitrogens with two attached hydrogens (primary N) is 1. The summed E-state index contributed by atoms with van der Waals surface area (Å²) in [5.41, 5.74) is 6.45. The van der Waals surface area contributed by atoms with Crippen molar-refractivity contribution in [1.29, 1.82) is 0 Å². The maximum atomic E-state index is 12.1. The lowest BCUT2D eigenvalue weighted by atomic mass is 10.2. The van der Waals surface area contributed by atoms with Gasteiger partial charge in [-0.2, -0.15) is 0 Å². The molecule has 1 aromatic carbocycles. The number of halogens is 1. The normalized spacial score (nSPS) is 10.4. The molecule has 8 heteroatoms. The standard InChI is InChI=1S/C13H12BrN3O2S2/c1-7-12(20-6-10(15)18)21-13(16-7)17-11(19)8-2-4-9(14)5-3-8/h2-5H,6H2,1H3,(H2,15,18)(H,16,17,19). The molecule has 1 aromatic heterocycles. The van der Waals surface area contributed by atoms with Crippen molar-refractivity contribution >= 4 is 56.0 Å². The van der Waals surface area contributed by atoms with E-state index in [1.807, 2.05) is 6.92 Å². The Labute approximate surface area is 138 Å². The fourth-order valence-electron chi connectivity index (χ4n) is 1.48. The lowest BCUT2D eigenvalue weighted by Gasteiger charge is -2.01. The number of amides is 2. The van der Waals surface area contributed by atoms with Gasteiger partial charge in [-0.25, -0.2) is 4.98 Å². The monoisotopic (exact) mass is 385 g/mol. The number of thiazole rings is 1. The fourth-order valence-corrected chi connectivity index (χ4v) is 3.61. The number of nitrogens with one attached hydrogen (secondary N) is 1. The van der Waals surface area contributed by atoms with Crippen molar-refractivity contribution in [2.45, 2.75) is 11.1 Å². The molecule has 0 radical (unpaired) electrons. The molecule has 2 rings (SSSR count). The highest BCUT2D eigenvalue weighted by Crippen LogP contribution is 2.32. The van der Waals surface area contributed by atoms with Gasteiger partial charge in [0.05, 0.1) is 15.7 Å². The molecule has 0 aliphatic carbocycles. The highest BCUT2D eigenvalue weighted by Gasteiger charge is 2.12. The molecule has 0 saturated heterocycles. The number of hydrogen-bond acceptors (Lipinski definition) is 5. The second-order valence-corrected chi connectivity index (χ2v) is 7.27. The van der Waals surface area contributed by atoms with Crippen LogP contribution in [0.15, 0.2) is 32.9 Å². The molecule has 110 valence electrons. The second-order valence-electron chi connectivity index (χ2n) is 4.11. The molecule has 2 amide bonds. The third-order valence-corrected chi connectivity index (χ3v) is 5.41. The van der Waals surface area contributed by atoms with Crippen LogP contribution in [-0.4, -0.2) is 22.6 Å². The van der Waals surface area contributed by atoms with Crippen molar-refractivity contribution < 1.29 is 9.59 Å². The van der Waals surface area contributed by atoms with Crippen LogP contribution in [-0.2, 0) is 4.79 Å². The smallest absolute Gasteiger partial charge is 0.257 e. The number of carbonyl (C=O) groups is 2. The van der Waals surface area contributed by atoms with Gasteiger partial charge in [0.15, 0.2) is 5.13 Å². The van der Waals surface area contributed by atoms with Crippen molar-refractivity contribution in [1.82, 2.24) is 4.98 Å². The van der Waals surface area contributed by atoms with Gasteiger partial charge in [0.1, 0.15) is 0 Å². The van der Waals surface area contributed by atoms with Crippen LogP contribution >= 0.6 is 39.0 Å². The molecule has 5 nitrogen and oxygen atoms in total. The summed E-state index contributed by atoms with van der Waals surface area (Å²) in [6, 6.07) is 7.05. The van der Waals surface area contributed by atoms with E-state index in [0.717, 1.165) is 14.4 Å². The molecular weight excluding hydrogens is 374 g/mol. The zero-order valence-corrected chi connectivity index (χ0v) is 14.3. The average molecular weight is 386 g/mol. The molecule has 0 bridgehead atoms. The number of thioether (sulfide) groups is 1. The number of aromatic nitrogens is 1. The summed E-state index contributed by atoms with van der Waals surface area (Å²) in [5, 5.41) is 3.26. The number of nitrogens with zero attached hydrogens (tertiary/aromatic N) is 1. The maximum absolute atomic E-state index is 12.1. The van der Waals surface area contributed by atoms with Gasteiger partial charge in [0.2, 0.25) is 5.91 Å². The molecule has 0 unspecified atom stereocenters. The lowest BCUT2D eigenvalue weighted by molar-refractivity contribution is -0.115.